The lowest BCUT2D eigenvalue weighted by atomic mass is 10.7. The van der Waals surface area contributed by atoms with Gasteiger partial charge in [-0.15, -0.1) is 11.3 Å². The molecule has 0 unspecified atom stereocenters. The van der Waals surface area contributed by atoms with Gasteiger partial charge in [0.2, 0.25) is 0 Å². The number of hydrogen-bond acceptors (Lipinski definition) is 4. The lowest BCUT2D eigenvalue weighted by molar-refractivity contribution is 0.653. The normalized spacial score (nSPS) is 10.5. The maximum atomic E-state index is 12.5. The molecule has 2 rings (SSSR count). The van der Waals surface area contributed by atoms with Crippen LogP contribution in [0.1, 0.15) is 0 Å². The van der Waals surface area contributed by atoms with Crippen LogP contribution in [0.3, 0.4) is 0 Å². The molecule has 2 aromatic rings. The minimum atomic E-state index is -0.281. The van der Waals surface area contributed by atoms with Gasteiger partial charge in [-0.1, -0.05) is 11.3 Å². The Hall–Kier alpha value is -0.330. The molecular formula is C6H2BrFN2S2. The van der Waals surface area contributed by atoms with Gasteiger partial charge in [0.15, 0.2) is 15.1 Å². The van der Waals surface area contributed by atoms with E-state index in [0.717, 1.165) is 20.1 Å². The first-order valence-electron chi connectivity index (χ1n) is 2.99. The number of nitrogens with zero attached hydrogens (tertiary/aromatic N) is 2. The van der Waals surface area contributed by atoms with Crippen molar-refractivity contribution < 1.29 is 4.39 Å². The molecule has 2 nitrogen and oxygen atoms in total. The Morgan fingerprint density at radius 3 is 2.33 bits per heavy atom. The van der Waals surface area contributed by atoms with Crippen LogP contribution in [0.25, 0.3) is 10.0 Å². The predicted octanol–water partition coefficient (Wildman–Crippen LogP) is 3.17. The maximum absolute atomic E-state index is 12.5. The van der Waals surface area contributed by atoms with Crippen LogP contribution in [0, 0.1) is 5.13 Å². The van der Waals surface area contributed by atoms with E-state index < -0.39 is 0 Å². The van der Waals surface area contributed by atoms with Crippen molar-refractivity contribution in [2.24, 2.45) is 0 Å². The summed E-state index contributed by atoms with van der Waals surface area (Å²) in [6.45, 7) is 0. The first-order chi connectivity index (χ1) is 5.75. The highest BCUT2D eigenvalue weighted by Crippen LogP contribution is 2.30. The molecule has 0 aliphatic carbocycles. The summed E-state index contributed by atoms with van der Waals surface area (Å²) in [5.41, 5.74) is 0. The second-order valence-electron chi connectivity index (χ2n) is 1.94. The lowest BCUT2D eigenvalue weighted by Gasteiger charge is -1.82. The fourth-order valence-electron chi connectivity index (χ4n) is 0.707. The zero-order chi connectivity index (χ0) is 8.55. The van der Waals surface area contributed by atoms with E-state index in [2.05, 4.69) is 25.9 Å². The SMILES string of the molecule is Fc1cnc(-c2ncc(Br)s2)s1. The van der Waals surface area contributed by atoms with Gasteiger partial charge in [0.25, 0.3) is 0 Å². The van der Waals surface area contributed by atoms with Gasteiger partial charge in [-0.3, -0.25) is 0 Å². The highest BCUT2D eigenvalue weighted by molar-refractivity contribution is 9.11. The molecule has 0 radical (unpaired) electrons. The summed E-state index contributed by atoms with van der Waals surface area (Å²) >= 11 is 5.72. The molecule has 0 aromatic carbocycles. The van der Waals surface area contributed by atoms with Crippen LogP contribution in [0.15, 0.2) is 16.2 Å². The minimum Gasteiger partial charge on any atom is -0.241 e. The first-order valence-corrected chi connectivity index (χ1v) is 5.41. The molecule has 62 valence electrons. The smallest absolute Gasteiger partial charge is 0.196 e. The van der Waals surface area contributed by atoms with Crippen molar-refractivity contribution in [3.63, 3.8) is 0 Å². The van der Waals surface area contributed by atoms with Gasteiger partial charge in [-0.2, -0.15) is 4.39 Å². The third kappa shape index (κ3) is 1.55. The molecule has 0 bridgehead atoms. The average Bonchev–Trinajstić information content (AvgIpc) is 2.58. The third-order valence-corrected chi connectivity index (χ3v) is 3.54. The van der Waals surface area contributed by atoms with Crippen molar-refractivity contribution in [2.45, 2.75) is 0 Å². The third-order valence-electron chi connectivity index (χ3n) is 1.14. The van der Waals surface area contributed by atoms with Crippen molar-refractivity contribution in [3.8, 4) is 10.0 Å². The molecule has 0 aliphatic heterocycles. The van der Waals surface area contributed by atoms with Crippen molar-refractivity contribution in [3.05, 3.63) is 21.3 Å². The summed E-state index contributed by atoms with van der Waals surface area (Å²) in [4.78, 5) is 7.92. The predicted molar refractivity (Wildman–Crippen MR) is 50.9 cm³/mol. The van der Waals surface area contributed by atoms with Gasteiger partial charge in [0, 0.05) is 0 Å². The number of thiazole rings is 2. The topological polar surface area (TPSA) is 25.8 Å². The molecule has 0 N–H and O–H groups in total. The van der Waals surface area contributed by atoms with Crippen molar-refractivity contribution in [2.75, 3.05) is 0 Å². The Balaban J connectivity index is 2.43. The molecule has 0 atom stereocenters. The zero-order valence-electron chi connectivity index (χ0n) is 5.62. The first kappa shape index (κ1) is 8.28. The van der Waals surface area contributed by atoms with Gasteiger partial charge in [0.05, 0.1) is 16.2 Å². The maximum Gasteiger partial charge on any atom is 0.196 e. The summed E-state index contributed by atoms with van der Waals surface area (Å²) in [6.07, 6.45) is 2.88. The Morgan fingerprint density at radius 1 is 1.17 bits per heavy atom. The molecule has 6 heteroatoms. The van der Waals surface area contributed by atoms with Gasteiger partial charge >= 0.3 is 0 Å². The van der Waals surface area contributed by atoms with Gasteiger partial charge in [-0.25, -0.2) is 9.97 Å². The van der Waals surface area contributed by atoms with E-state index in [1.807, 2.05) is 0 Å². The lowest BCUT2D eigenvalue weighted by Crippen LogP contribution is -1.68. The second-order valence-corrected chi connectivity index (χ2v) is 5.33. The highest BCUT2D eigenvalue weighted by atomic mass is 79.9. The number of rotatable bonds is 1. The number of halogens is 2. The van der Waals surface area contributed by atoms with Crippen molar-refractivity contribution in [1.82, 2.24) is 9.97 Å². The molecule has 2 heterocycles. The molecule has 0 saturated carbocycles. The fourth-order valence-corrected chi connectivity index (χ4v) is 2.59. The summed E-state index contributed by atoms with van der Waals surface area (Å²) in [5.74, 6) is 0. The van der Waals surface area contributed by atoms with Crippen molar-refractivity contribution in [1.29, 1.82) is 0 Å². The van der Waals surface area contributed by atoms with E-state index in [0.29, 0.717) is 5.01 Å². The molecule has 0 aliphatic rings. The van der Waals surface area contributed by atoms with Crippen LogP contribution in [0.5, 0.6) is 0 Å². The van der Waals surface area contributed by atoms with Crippen LogP contribution in [-0.2, 0) is 0 Å². The average molecular weight is 265 g/mol. The molecule has 0 saturated heterocycles. The van der Waals surface area contributed by atoms with Crippen molar-refractivity contribution >= 4 is 38.6 Å². The van der Waals surface area contributed by atoms with Gasteiger partial charge < -0.3 is 0 Å². The number of aromatic nitrogens is 2. The van der Waals surface area contributed by atoms with E-state index in [4.69, 9.17) is 0 Å². The largest absolute Gasteiger partial charge is 0.241 e. The second kappa shape index (κ2) is 3.20. The molecule has 0 spiro atoms. The van der Waals surface area contributed by atoms with Crippen LogP contribution in [0.4, 0.5) is 4.39 Å². The van der Waals surface area contributed by atoms with Crippen LogP contribution >= 0.6 is 38.6 Å². The molecule has 0 amide bonds. The summed E-state index contributed by atoms with van der Waals surface area (Å²) in [6, 6.07) is 0. The molecule has 0 fully saturated rings. The summed E-state index contributed by atoms with van der Waals surface area (Å²) in [7, 11) is 0. The van der Waals surface area contributed by atoms with Crippen LogP contribution in [-0.4, -0.2) is 9.97 Å². The Bertz CT molecular complexity index is 359. The molecule has 12 heavy (non-hydrogen) atoms. The minimum absolute atomic E-state index is 0.281. The monoisotopic (exact) mass is 264 g/mol. The Kier molecular flexibility index (Phi) is 2.20. The van der Waals surface area contributed by atoms with E-state index in [1.54, 1.807) is 6.20 Å². The zero-order valence-corrected chi connectivity index (χ0v) is 8.84. The van der Waals surface area contributed by atoms with Crippen LogP contribution < -0.4 is 0 Å². The Labute approximate surface area is 84.2 Å². The van der Waals surface area contributed by atoms with E-state index in [-0.39, 0.29) is 5.13 Å². The van der Waals surface area contributed by atoms with Gasteiger partial charge in [0.1, 0.15) is 0 Å². The van der Waals surface area contributed by atoms with Crippen LogP contribution in [0.2, 0.25) is 0 Å². The summed E-state index contributed by atoms with van der Waals surface area (Å²) in [5, 5.41) is 1.09. The van der Waals surface area contributed by atoms with Gasteiger partial charge in [-0.05, 0) is 15.9 Å². The van der Waals surface area contributed by atoms with E-state index in [9.17, 15) is 4.39 Å². The van der Waals surface area contributed by atoms with E-state index in [1.165, 1.54) is 17.5 Å². The quantitative estimate of drug-likeness (QED) is 0.791. The number of hydrogen-bond donors (Lipinski definition) is 0. The molecule has 2 aromatic heterocycles. The molecular weight excluding hydrogens is 263 g/mol. The standard InChI is InChI=1S/C6H2BrFN2S2/c7-3-1-9-5(11-3)6-10-2-4(8)12-6/h1-2H. The fraction of sp³-hybridized carbons (Fsp3) is 0. The van der Waals surface area contributed by atoms with E-state index >= 15 is 0 Å². The Morgan fingerprint density at radius 2 is 1.83 bits per heavy atom. The highest BCUT2D eigenvalue weighted by Gasteiger charge is 2.07. The summed E-state index contributed by atoms with van der Waals surface area (Å²) < 4.78 is 13.5.